The Morgan fingerprint density at radius 3 is 2.82 bits per heavy atom. The molecule has 2 aromatic rings. The van der Waals surface area contributed by atoms with Gasteiger partial charge in [0.25, 0.3) is 12.3 Å². The van der Waals surface area contributed by atoms with Crippen molar-refractivity contribution in [2.24, 2.45) is 0 Å². The number of carbonyl (C=O) groups excluding carboxylic acids is 1. The highest BCUT2D eigenvalue weighted by Gasteiger charge is 2.36. The summed E-state index contributed by atoms with van der Waals surface area (Å²) in [6.45, 7) is -0.202. The Morgan fingerprint density at radius 1 is 1.32 bits per heavy atom. The van der Waals surface area contributed by atoms with Crippen LogP contribution in [0.4, 0.5) is 22.0 Å². The van der Waals surface area contributed by atoms with Gasteiger partial charge in [-0.15, -0.1) is 0 Å². The first kappa shape index (κ1) is 24.2. The molecule has 1 amide bonds. The second-order valence-corrected chi connectivity index (χ2v) is 7.98. The van der Waals surface area contributed by atoms with Crippen molar-refractivity contribution in [3.05, 3.63) is 41.1 Å². The number of rotatable bonds is 8. The maximum atomic E-state index is 13.0. The van der Waals surface area contributed by atoms with Crippen molar-refractivity contribution in [2.45, 2.75) is 50.2 Å². The van der Waals surface area contributed by atoms with Crippen LogP contribution in [0.5, 0.6) is 11.6 Å². The smallest absolute Gasteiger partial charge is 0.416 e. The number of hydrogen-bond acceptors (Lipinski definition) is 6. The maximum absolute atomic E-state index is 13.0. The zero-order valence-electron chi connectivity index (χ0n) is 17.7. The van der Waals surface area contributed by atoms with Crippen molar-refractivity contribution in [1.29, 1.82) is 0 Å². The summed E-state index contributed by atoms with van der Waals surface area (Å²) >= 11 is 0. The number of halogens is 5. The molecule has 4 rings (SSSR count). The molecular weight excluding hydrogens is 469 g/mol. The number of nitrogens with one attached hydrogen (secondary N) is 1. The molecule has 2 unspecified atom stereocenters. The number of amides is 1. The molecule has 186 valence electrons. The van der Waals surface area contributed by atoms with Gasteiger partial charge in [-0.3, -0.25) is 4.79 Å². The van der Waals surface area contributed by atoms with Gasteiger partial charge in [0, 0.05) is 18.2 Å². The molecule has 0 spiro atoms. The molecule has 13 heteroatoms. The van der Waals surface area contributed by atoms with Crippen LogP contribution in [-0.2, 0) is 17.5 Å². The van der Waals surface area contributed by atoms with Crippen molar-refractivity contribution >= 4 is 5.91 Å². The number of benzene rings is 1. The minimum Gasteiger partial charge on any atom is -0.491 e. The molecule has 2 aliphatic heterocycles. The van der Waals surface area contributed by atoms with Crippen molar-refractivity contribution in [2.75, 3.05) is 19.8 Å². The molecule has 3 atom stereocenters. The number of fused-ring (bicyclic) bond motifs is 2. The van der Waals surface area contributed by atoms with Crippen LogP contribution in [-0.4, -0.2) is 59.2 Å². The predicted octanol–water partition coefficient (Wildman–Crippen LogP) is 2.95. The van der Waals surface area contributed by atoms with Crippen molar-refractivity contribution in [3.63, 3.8) is 0 Å². The molecule has 1 aromatic carbocycles. The molecule has 34 heavy (non-hydrogen) atoms. The van der Waals surface area contributed by atoms with Gasteiger partial charge in [0.2, 0.25) is 5.88 Å². The number of hydrogen-bond donors (Lipinski definition) is 2. The fourth-order valence-corrected chi connectivity index (χ4v) is 3.81. The molecule has 3 heterocycles. The largest absolute Gasteiger partial charge is 0.491 e. The van der Waals surface area contributed by atoms with E-state index in [9.17, 15) is 31.9 Å². The van der Waals surface area contributed by atoms with E-state index < -0.39 is 42.8 Å². The third-order valence-electron chi connectivity index (χ3n) is 5.47. The van der Waals surface area contributed by atoms with E-state index in [4.69, 9.17) is 14.2 Å². The average molecular weight is 491 g/mol. The molecule has 1 aromatic heterocycles. The first-order valence-electron chi connectivity index (χ1n) is 10.5. The summed E-state index contributed by atoms with van der Waals surface area (Å²) in [6, 6.07) is 3.23. The van der Waals surface area contributed by atoms with E-state index in [2.05, 4.69) is 10.4 Å². The van der Waals surface area contributed by atoms with Gasteiger partial charge in [-0.2, -0.15) is 18.3 Å². The second kappa shape index (κ2) is 9.74. The van der Waals surface area contributed by atoms with E-state index in [1.54, 1.807) is 0 Å². The van der Waals surface area contributed by atoms with Gasteiger partial charge in [0.1, 0.15) is 31.2 Å². The van der Waals surface area contributed by atoms with Gasteiger partial charge in [-0.05, 0) is 31.0 Å². The first-order chi connectivity index (χ1) is 16.1. The SMILES string of the molecule is O=C(N[C@H]1COc2ccc(C(F)(F)F)cc2C1O)c1cc2n(n1)CC(CCCOCC(F)F)O2. The van der Waals surface area contributed by atoms with Crippen LogP contribution in [0.3, 0.4) is 0 Å². The van der Waals surface area contributed by atoms with Gasteiger partial charge in [0.15, 0.2) is 5.69 Å². The van der Waals surface area contributed by atoms with Gasteiger partial charge in [-0.1, -0.05) is 0 Å². The summed E-state index contributed by atoms with van der Waals surface area (Å²) < 4.78 is 80.5. The number of aliphatic hydroxyl groups excluding tert-OH is 1. The molecule has 2 aliphatic rings. The zero-order valence-corrected chi connectivity index (χ0v) is 17.7. The number of alkyl halides is 5. The van der Waals surface area contributed by atoms with Crippen LogP contribution in [0.15, 0.2) is 24.3 Å². The molecule has 0 bridgehead atoms. The van der Waals surface area contributed by atoms with E-state index >= 15 is 0 Å². The summed E-state index contributed by atoms with van der Waals surface area (Å²) in [5.41, 5.74) is -0.989. The normalized spacial score (nSPS) is 21.6. The predicted molar refractivity (Wildman–Crippen MR) is 106 cm³/mol. The molecule has 2 N–H and O–H groups in total. The maximum Gasteiger partial charge on any atom is 0.416 e. The van der Waals surface area contributed by atoms with E-state index in [1.807, 2.05) is 0 Å². The summed E-state index contributed by atoms with van der Waals surface area (Å²) in [5.74, 6) is -0.180. The van der Waals surface area contributed by atoms with Crippen LogP contribution < -0.4 is 14.8 Å². The van der Waals surface area contributed by atoms with Crippen LogP contribution in [0.1, 0.15) is 40.6 Å². The lowest BCUT2D eigenvalue weighted by Gasteiger charge is -2.31. The van der Waals surface area contributed by atoms with Crippen LogP contribution in [0, 0.1) is 0 Å². The standard InChI is InChI=1S/C21H22F5N3O5/c22-17(23)10-32-5-1-2-12-8-29-18(34-12)7-14(28-29)20(31)27-15-9-33-16-4-3-11(21(24,25)26)6-13(16)19(15)30/h3-4,6-7,12,15,17,19,30H,1-2,5,8-10H2,(H,27,31)/t12?,15-,19?/m0/s1. The molecular formula is C21H22F5N3O5. The lowest BCUT2D eigenvalue weighted by atomic mass is 9.97. The van der Waals surface area contributed by atoms with Crippen LogP contribution >= 0.6 is 0 Å². The lowest BCUT2D eigenvalue weighted by molar-refractivity contribution is -0.137. The summed E-state index contributed by atoms with van der Waals surface area (Å²) in [6.07, 6.45) is -7.66. The Morgan fingerprint density at radius 2 is 2.12 bits per heavy atom. The Labute approximate surface area is 190 Å². The number of aromatic nitrogens is 2. The highest BCUT2D eigenvalue weighted by atomic mass is 19.4. The molecule has 0 radical (unpaired) electrons. The number of aliphatic hydroxyl groups is 1. The van der Waals surface area contributed by atoms with Gasteiger partial charge in [-0.25, -0.2) is 13.5 Å². The third kappa shape index (κ3) is 5.41. The third-order valence-corrected chi connectivity index (χ3v) is 5.47. The van der Waals surface area contributed by atoms with E-state index in [0.717, 1.165) is 18.2 Å². The van der Waals surface area contributed by atoms with Crippen LogP contribution in [0.2, 0.25) is 0 Å². The summed E-state index contributed by atoms with van der Waals surface area (Å²) in [4.78, 5) is 12.6. The van der Waals surface area contributed by atoms with E-state index in [0.29, 0.717) is 25.3 Å². The number of nitrogens with zero attached hydrogens (tertiary/aromatic N) is 2. The van der Waals surface area contributed by atoms with Gasteiger partial charge < -0.3 is 24.6 Å². The number of carbonyl (C=O) groups is 1. The van der Waals surface area contributed by atoms with Crippen molar-refractivity contribution in [3.8, 4) is 11.6 Å². The highest BCUT2D eigenvalue weighted by Crippen LogP contribution is 2.38. The molecule has 0 fully saturated rings. The molecule has 0 saturated heterocycles. The monoisotopic (exact) mass is 491 g/mol. The highest BCUT2D eigenvalue weighted by molar-refractivity contribution is 5.92. The quantitative estimate of drug-likeness (QED) is 0.436. The van der Waals surface area contributed by atoms with E-state index in [-0.39, 0.29) is 36.3 Å². The van der Waals surface area contributed by atoms with Crippen molar-refractivity contribution < 1.29 is 46.1 Å². The Balaban J connectivity index is 1.31. The van der Waals surface area contributed by atoms with Crippen LogP contribution in [0.25, 0.3) is 0 Å². The summed E-state index contributed by atoms with van der Waals surface area (Å²) in [7, 11) is 0. The summed E-state index contributed by atoms with van der Waals surface area (Å²) in [5, 5.41) is 17.3. The average Bonchev–Trinajstić information content (AvgIpc) is 3.33. The minimum atomic E-state index is -4.58. The fraction of sp³-hybridized carbons (Fsp3) is 0.524. The first-order valence-corrected chi connectivity index (χ1v) is 10.5. The van der Waals surface area contributed by atoms with Gasteiger partial charge >= 0.3 is 6.18 Å². The van der Waals surface area contributed by atoms with E-state index in [1.165, 1.54) is 10.7 Å². The fourth-order valence-electron chi connectivity index (χ4n) is 3.81. The Bertz CT molecular complexity index is 1010. The minimum absolute atomic E-state index is 0.00996. The Hall–Kier alpha value is -2.93. The number of ether oxygens (including phenoxy) is 3. The molecule has 8 nitrogen and oxygen atoms in total. The lowest BCUT2D eigenvalue weighted by Crippen LogP contribution is -2.45. The topological polar surface area (TPSA) is 94.8 Å². The Kier molecular flexibility index (Phi) is 6.94. The second-order valence-electron chi connectivity index (χ2n) is 7.98. The molecule has 0 aliphatic carbocycles. The zero-order chi connectivity index (χ0) is 24.5. The van der Waals surface area contributed by atoms with Crippen molar-refractivity contribution in [1.82, 2.24) is 15.1 Å². The molecule has 0 saturated carbocycles. The van der Waals surface area contributed by atoms with Gasteiger partial charge in [0.05, 0.1) is 18.2 Å².